The number of ether oxygens (including phenoxy) is 1. The molecule has 0 aliphatic heterocycles. The van der Waals surface area contributed by atoms with Gasteiger partial charge in [0.1, 0.15) is 10.8 Å². The molecule has 1 unspecified atom stereocenters. The summed E-state index contributed by atoms with van der Waals surface area (Å²) in [5.74, 6) is -0.166. The smallest absolute Gasteiger partial charge is 0.387 e. The Labute approximate surface area is 170 Å². The highest BCUT2D eigenvalue weighted by Gasteiger charge is 2.14. The molecule has 3 rings (SSSR count). The molecule has 0 bridgehead atoms. The van der Waals surface area contributed by atoms with E-state index in [9.17, 15) is 13.6 Å². The average molecular weight is 423 g/mol. The molecule has 146 valence electrons. The number of thiazole rings is 1. The Morgan fingerprint density at radius 3 is 2.79 bits per heavy atom. The van der Waals surface area contributed by atoms with E-state index in [0.717, 1.165) is 10.6 Å². The molecule has 1 amide bonds. The summed E-state index contributed by atoms with van der Waals surface area (Å²) in [5.41, 5.74) is 2.13. The molecule has 1 aromatic heterocycles. The first-order valence-electron chi connectivity index (χ1n) is 8.46. The first-order valence-corrected chi connectivity index (χ1v) is 9.71. The number of carbonyl (C=O) groups excluding carboxylic acids is 1. The summed E-state index contributed by atoms with van der Waals surface area (Å²) in [6.45, 7) is -1.12. The summed E-state index contributed by atoms with van der Waals surface area (Å²) in [4.78, 5) is 16.8. The van der Waals surface area contributed by atoms with Gasteiger partial charge in [0, 0.05) is 10.9 Å². The van der Waals surface area contributed by atoms with Crippen LogP contribution >= 0.6 is 22.9 Å². The van der Waals surface area contributed by atoms with Gasteiger partial charge in [-0.05, 0) is 30.7 Å². The highest BCUT2D eigenvalue weighted by molar-refractivity contribution is 7.13. The van der Waals surface area contributed by atoms with Crippen LogP contribution in [0, 0.1) is 0 Å². The van der Waals surface area contributed by atoms with Crippen molar-refractivity contribution in [3.05, 3.63) is 70.2 Å². The van der Waals surface area contributed by atoms with Crippen LogP contribution in [-0.2, 0) is 11.2 Å². The molecule has 0 saturated carbocycles. The zero-order valence-electron chi connectivity index (χ0n) is 14.9. The fraction of sp³-hybridized carbons (Fsp3) is 0.200. The second-order valence-corrected chi connectivity index (χ2v) is 7.31. The first-order chi connectivity index (χ1) is 13.4. The highest BCUT2D eigenvalue weighted by Crippen LogP contribution is 2.30. The van der Waals surface area contributed by atoms with Crippen molar-refractivity contribution in [3.63, 3.8) is 0 Å². The van der Waals surface area contributed by atoms with Gasteiger partial charge in [0.2, 0.25) is 5.91 Å². The molecule has 1 N–H and O–H groups in total. The van der Waals surface area contributed by atoms with Crippen molar-refractivity contribution in [1.29, 1.82) is 0 Å². The summed E-state index contributed by atoms with van der Waals surface area (Å²) in [6, 6.07) is 13.3. The molecule has 0 fully saturated rings. The van der Waals surface area contributed by atoms with Gasteiger partial charge in [0.05, 0.1) is 23.2 Å². The third-order valence-electron chi connectivity index (χ3n) is 3.96. The molecule has 2 aromatic carbocycles. The first kappa shape index (κ1) is 20.2. The van der Waals surface area contributed by atoms with E-state index in [1.807, 2.05) is 23.6 Å². The number of carbonyl (C=O) groups is 1. The number of benzene rings is 2. The van der Waals surface area contributed by atoms with Crippen molar-refractivity contribution in [2.45, 2.75) is 26.0 Å². The van der Waals surface area contributed by atoms with Crippen LogP contribution in [0.2, 0.25) is 5.02 Å². The average Bonchev–Trinajstić information content (AvgIpc) is 3.09. The normalized spacial score (nSPS) is 12.0. The lowest BCUT2D eigenvalue weighted by atomic mass is 10.1. The number of nitrogens with zero attached hydrogens (tertiary/aromatic N) is 1. The van der Waals surface area contributed by atoms with Crippen LogP contribution in [0.1, 0.15) is 24.2 Å². The Kier molecular flexibility index (Phi) is 6.59. The van der Waals surface area contributed by atoms with Gasteiger partial charge in [-0.3, -0.25) is 4.79 Å². The van der Waals surface area contributed by atoms with Gasteiger partial charge in [-0.25, -0.2) is 4.98 Å². The fourth-order valence-corrected chi connectivity index (χ4v) is 3.79. The molecular formula is C20H17ClF2N2O2S. The predicted octanol–water partition coefficient (Wildman–Crippen LogP) is 5.48. The zero-order valence-corrected chi connectivity index (χ0v) is 16.4. The van der Waals surface area contributed by atoms with Crippen molar-refractivity contribution in [1.82, 2.24) is 10.3 Å². The van der Waals surface area contributed by atoms with E-state index in [0.29, 0.717) is 16.3 Å². The van der Waals surface area contributed by atoms with Crippen LogP contribution in [0.5, 0.6) is 5.75 Å². The summed E-state index contributed by atoms with van der Waals surface area (Å²) >= 11 is 7.60. The topological polar surface area (TPSA) is 51.2 Å². The molecule has 28 heavy (non-hydrogen) atoms. The molecule has 0 radical (unpaired) electrons. The van der Waals surface area contributed by atoms with Crippen molar-refractivity contribution >= 4 is 28.8 Å². The number of nitrogens with one attached hydrogen (secondary N) is 1. The highest BCUT2D eigenvalue weighted by atomic mass is 35.5. The van der Waals surface area contributed by atoms with Gasteiger partial charge in [-0.2, -0.15) is 8.78 Å². The standard InChI is InChI=1S/C20H17ClF2N2O2S/c1-12(13-5-4-6-15(9-13)27-20(22)23)24-18(26)10-14-11-28-19(25-14)16-7-2-3-8-17(16)21/h2-9,11-12,20H,10H2,1H3,(H,24,26). The molecular weight excluding hydrogens is 406 g/mol. The summed E-state index contributed by atoms with van der Waals surface area (Å²) in [6.07, 6.45) is 0.110. The summed E-state index contributed by atoms with van der Waals surface area (Å²) in [7, 11) is 0. The van der Waals surface area contributed by atoms with Gasteiger partial charge in [0.15, 0.2) is 0 Å². The SMILES string of the molecule is CC(NC(=O)Cc1csc(-c2ccccc2Cl)n1)c1cccc(OC(F)F)c1. The van der Waals surface area contributed by atoms with Crippen molar-refractivity contribution in [2.75, 3.05) is 0 Å². The van der Waals surface area contributed by atoms with Gasteiger partial charge >= 0.3 is 6.61 Å². The van der Waals surface area contributed by atoms with Gasteiger partial charge in [-0.15, -0.1) is 11.3 Å². The molecule has 1 heterocycles. The number of alkyl halides is 2. The molecule has 8 heteroatoms. The monoisotopic (exact) mass is 422 g/mol. The Morgan fingerprint density at radius 1 is 1.25 bits per heavy atom. The quantitative estimate of drug-likeness (QED) is 0.548. The number of rotatable bonds is 7. The third-order valence-corrected chi connectivity index (χ3v) is 5.21. The number of hydrogen-bond donors (Lipinski definition) is 1. The van der Waals surface area contributed by atoms with E-state index >= 15 is 0 Å². The van der Waals surface area contributed by atoms with Gasteiger partial charge in [0.25, 0.3) is 0 Å². The van der Waals surface area contributed by atoms with Gasteiger partial charge < -0.3 is 10.1 Å². The number of halogens is 3. The number of aromatic nitrogens is 1. The second kappa shape index (κ2) is 9.12. The number of hydrogen-bond acceptors (Lipinski definition) is 4. The Bertz CT molecular complexity index is 965. The zero-order chi connectivity index (χ0) is 20.1. The van der Waals surface area contributed by atoms with E-state index in [-0.39, 0.29) is 24.1 Å². The van der Waals surface area contributed by atoms with Crippen molar-refractivity contribution < 1.29 is 18.3 Å². The molecule has 1 atom stereocenters. The van der Waals surface area contributed by atoms with E-state index < -0.39 is 6.61 Å². The molecule has 0 aliphatic rings. The number of amides is 1. The molecule has 0 saturated heterocycles. The van der Waals surface area contributed by atoms with E-state index in [4.69, 9.17) is 11.6 Å². The maximum Gasteiger partial charge on any atom is 0.387 e. The second-order valence-electron chi connectivity index (χ2n) is 6.04. The van der Waals surface area contributed by atoms with E-state index in [1.54, 1.807) is 25.1 Å². The fourth-order valence-electron chi connectivity index (χ4n) is 2.65. The van der Waals surface area contributed by atoms with Crippen molar-refractivity contribution in [2.24, 2.45) is 0 Å². The third kappa shape index (κ3) is 5.27. The minimum absolute atomic E-state index is 0.0532. The Balaban J connectivity index is 1.62. The summed E-state index contributed by atoms with van der Waals surface area (Å²) in [5, 5.41) is 6.01. The minimum atomic E-state index is -2.89. The summed E-state index contributed by atoms with van der Waals surface area (Å²) < 4.78 is 29.1. The van der Waals surface area contributed by atoms with E-state index in [1.165, 1.54) is 23.5 Å². The van der Waals surface area contributed by atoms with E-state index in [2.05, 4.69) is 15.0 Å². The lowest BCUT2D eigenvalue weighted by molar-refractivity contribution is -0.121. The lowest BCUT2D eigenvalue weighted by Gasteiger charge is -2.15. The predicted molar refractivity (Wildman–Crippen MR) is 106 cm³/mol. The van der Waals surface area contributed by atoms with Crippen molar-refractivity contribution in [3.8, 4) is 16.3 Å². The van der Waals surface area contributed by atoms with Crippen LogP contribution in [0.25, 0.3) is 10.6 Å². The maximum absolute atomic E-state index is 12.3. The van der Waals surface area contributed by atoms with Crippen LogP contribution in [0.3, 0.4) is 0 Å². The van der Waals surface area contributed by atoms with Gasteiger partial charge in [-0.1, -0.05) is 41.9 Å². The lowest BCUT2D eigenvalue weighted by Crippen LogP contribution is -2.28. The minimum Gasteiger partial charge on any atom is -0.435 e. The Morgan fingerprint density at radius 2 is 2.04 bits per heavy atom. The van der Waals surface area contributed by atoms with Crippen LogP contribution in [0.15, 0.2) is 53.9 Å². The Hall–Kier alpha value is -2.51. The van der Waals surface area contributed by atoms with Crippen LogP contribution in [0.4, 0.5) is 8.78 Å². The van der Waals surface area contributed by atoms with Crippen LogP contribution < -0.4 is 10.1 Å². The molecule has 0 aliphatic carbocycles. The largest absolute Gasteiger partial charge is 0.435 e. The molecule has 0 spiro atoms. The molecule has 4 nitrogen and oxygen atoms in total. The van der Waals surface area contributed by atoms with Crippen LogP contribution in [-0.4, -0.2) is 17.5 Å². The maximum atomic E-state index is 12.3. The molecule has 3 aromatic rings.